The number of rotatable bonds is 4. The first-order chi connectivity index (χ1) is 14.2. The average Bonchev–Trinajstić information content (AvgIpc) is 3.13. The van der Waals surface area contributed by atoms with Gasteiger partial charge in [-0.2, -0.15) is 5.10 Å². The summed E-state index contributed by atoms with van der Waals surface area (Å²) in [4.78, 5) is 25.1. The number of nitrogens with zero attached hydrogens (tertiary/aromatic N) is 6. The van der Waals surface area contributed by atoms with Crippen LogP contribution in [0.2, 0.25) is 0 Å². The molecule has 1 saturated carbocycles. The standard InChI is InChI=1S/C21H19N7O/c22-21(29)17-11-23-14-6-3-12(10-16(14)24-17)20-19(25-18-2-1-8-27(18)20)15-7-9-28(26-15)13-4-5-13/h3,6-7,9-11,13H,1-2,4-5,8H2,(H2,22,29). The Balaban J connectivity index is 1.52. The molecule has 4 aromatic rings. The van der Waals surface area contributed by atoms with Crippen LogP contribution in [0.5, 0.6) is 0 Å². The van der Waals surface area contributed by atoms with Crippen molar-refractivity contribution in [1.82, 2.24) is 29.3 Å². The lowest BCUT2D eigenvalue weighted by atomic mass is 10.1. The molecule has 0 saturated heterocycles. The van der Waals surface area contributed by atoms with Gasteiger partial charge < -0.3 is 10.3 Å². The molecule has 0 bridgehead atoms. The Morgan fingerprint density at radius 2 is 2.03 bits per heavy atom. The molecule has 1 fully saturated rings. The van der Waals surface area contributed by atoms with Crippen molar-refractivity contribution in [2.24, 2.45) is 5.73 Å². The molecule has 0 unspecified atom stereocenters. The van der Waals surface area contributed by atoms with Crippen LogP contribution in [-0.4, -0.2) is 35.2 Å². The van der Waals surface area contributed by atoms with Crippen LogP contribution in [0, 0.1) is 0 Å². The summed E-state index contributed by atoms with van der Waals surface area (Å²) in [5.41, 5.74) is 10.7. The molecule has 144 valence electrons. The summed E-state index contributed by atoms with van der Waals surface area (Å²) in [5.74, 6) is 0.509. The minimum atomic E-state index is -0.582. The lowest BCUT2D eigenvalue weighted by molar-refractivity contribution is 0.0995. The fourth-order valence-electron chi connectivity index (χ4n) is 4.08. The molecule has 8 heteroatoms. The minimum absolute atomic E-state index is 0.163. The predicted octanol–water partition coefficient (Wildman–Crippen LogP) is 2.74. The molecular formula is C21H19N7O. The van der Waals surface area contributed by atoms with E-state index in [0.717, 1.165) is 53.4 Å². The number of nitrogens with two attached hydrogens (primary N) is 1. The van der Waals surface area contributed by atoms with Gasteiger partial charge in [0, 0.05) is 24.7 Å². The van der Waals surface area contributed by atoms with Gasteiger partial charge in [0.1, 0.15) is 22.9 Å². The first kappa shape index (κ1) is 16.4. The van der Waals surface area contributed by atoms with Crippen LogP contribution in [0.15, 0.2) is 36.7 Å². The molecule has 2 N–H and O–H groups in total. The van der Waals surface area contributed by atoms with Gasteiger partial charge in [-0.15, -0.1) is 0 Å². The number of aromatic nitrogens is 6. The SMILES string of the molecule is NC(=O)c1cnc2ccc(-c3c(-c4ccn(C5CC5)n4)nc4n3CCC4)cc2n1. The Kier molecular flexibility index (Phi) is 3.38. The lowest BCUT2D eigenvalue weighted by Crippen LogP contribution is -2.13. The van der Waals surface area contributed by atoms with Crippen LogP contribution in [-0.2, 0) is 13.0 Å². The number of carbonyl (C=O) groups is 1. The summed E-state index contributed by atoms with van der Waals surface area (Å²) in [5, 5.41) is 4.79. The molecule has 0 radical (unpaired) electrons. The summed E-state index contributed by atoms with van der Waals surface area (Å²) >= 11 is 0. The van der Waals surface area contributed by atoms with Crippen molar-refractivity contribution in [1.29, 1.82) is 0 Å². The molecule has 29 heavy (non-hydrogen) atoms. The Labute approximate surface area is 166 Å². The van der Waals surface area contributed by atoms with Crippen LogP contribution in [0.1, 0.15) is 41.6 Å². The van der Waals surface area contributed by atoms with Crippen molar-refractivity contribution < 1.29 is 4.79 Å². The topological polar surface area (TPSA) is 105 Å². The van der Waals surface area contributed by atoms with Gasteiger partial charge in [0.05, 0.1) is 29.0 Å². The third-order valence-corrected chi connectivity index (χ3v) is 5.67. The van der Waals surface area contributed by atoms with Gasteiger partial charge in [-0.3, -0.25) is 14.5 Å². The highest BCUT2D eigenvalue weighted by molar-refractivity contribution is 5.93. The third-order valence-electron chi connectivity index (χ3n) is 5.67. The number of primary amides is 1. The Morgan fingerprint density at radius 1 is 1.14 bits per heavy atom. The fourth-order valence-corrected chi connectivity index (χ4v) is 4.08. The molecule has 0 spiro atoms. The maximum absolute atomic E-state index is 11.5. The van der Waals surface area contributed by atoms with Crippen LogP contribution in [0.4, 0.5) is 0 Å². The number of aryl methyl sites for hydroxylation is 1. The van der Waals surface area contributed by atoms with Crippen LogP contribution in [0.3, 0.4) is 0 Å². The van der Waals surface area contributed by atoms with Crippen molar-refractivity contribution >= 4 is 16.9 Å². The van der Waals surface area contributed by atoms with Crippen molar-refractivity contribution in [2.75, 3.05) is 0 Å². The van der Waals surface area contributed by atoms with E-state index >= 15 is 0 Å². The highest BCUT2D eigenvalue weighted by Gasteiger charge is 2.27. The normalized spacial score (nSPS) is 15.7. The molecule has 6 rings (SSSR count). The Hall–Kier alpha value is -3.55. The lowest BCUT2D eigenvalue weighted by Gasteiger charge is -2.09. The van der Waals surface area contributed by atoms with E-state index in [9.17, 15) is 4.79 Å². The zero-order valence-electron chi connectivity index (χ0n) is 15.7. The van der Waals surface area contributed by atoms with E-state index in [0.29, 0.717) is 11.6 Å². The smallest absolute Gasteiger partial charge is 0.268 e. The maximum atomic E-state index is 11.5. The molecule has 1 aliphatic heterocycles. The van der Waals surface area contributed by atoms with E-state index in [4.69, 9.17) is 15.8 Å². The average molecular weight is 385 g/mol. The van der Waals surface area contributed by atoms with Crippen molar-refractivity contribution in [3.05, 3.63) is 48.2 Å². The molecule has 4 heterocycles. The van der Waals surface area contributed by atoms with E-state index in [1.807, 2.05) is 30.5 Å². The van der Waals surface area contributed by atoms with Crippen LogP contribution in [0.25, 0.3) is 33.7 Å². The number of hydrogen-bond donors (Lipinski definition) is 1. The van der Waals surface area contributed by atoms with Gasteiger partial charge in [0.2, 0.25) is 0 Å². The zero-order chi connectivity index (χ0) is 19.5. The summed E-state index contributed by atoms with van der Waals surface area (Å²) in [7, 11) is 0. The van der Waals surface area contributed by atoms with E-state index in [2.05, 4.69) is 19.2 Å². The first-order valence-electron chi connectivity index (χ1n) is 9.89. The summed E-state index contributed by atoms with van der Waals surface area (Å²) in [6.07, 6.45) is 7.91. The highest BCUT2D eigenvalue weighted by Crippen LogP contribution is 2.38. The van der Waals surface area contributed by atoms with Crippen LogP contribution < -0.4 is 5.73 Å². The van der Waals surface area contributed by atoms with E-state index in [-0.39, 0.29) is 5.69 Å². The molecule has 1 aromatic carbocycles. The Bertz CT molecular complexity index is 1280. The van der Waals surface area contributed by atoms with Crippen molar-refractivity contribution in [3.8, 4) is 22.6 Å². The number of imidazole rings is 1. The van der Waals surface area contributed by atoms with Crippen molar-refractivity contribution in [2.45, 2.75) is 38.3 Å². The number of benzene rings is 1. The highest BCUT2D eigenvalue weighted by atomic mass is 16.1. The van der Waals surface area contributed by atoms with E-state index < -0.39 is 5.91 Å². The number of hydrogen-bond acceptors (Lipinski definition) is 5. The van der Waals surface area contributed by atoms with Gasteiger partial charge in [-0.25, -0.2) is 9.97 Å². The summed E-state index contributed by atoms with van der Waals surface area (Å²) < 4.78 is 4.33. The third kappa shape index (κ3) is 2.63. The van der Waals surface area contributed by atoms with Gasteiger partial charge in [-0.1, -0.05) is 6.07 Å². The number of amides is 1. The summed E-state index contributed by atoms with van der Waals surface area (Å²) in [6, 6.07) is 8.49. The minimum Gasteiger partial charge on any atom is -0.364 e. The van der Waals surface area contributed by atoms with Gasteiger partial charge in [0.15, 0.2) is 0 Å². The largest absolute Gasteiger partial charge is 0.364 e. The predicted molar refractivity (Wildman–Crippen MR) is 107 cm³/mol. The Morgan fingerprint density at radius 3 is 2.86 bits per heavy atom. The quantitative estimate of drug-likeness (QED) is 0.582. The molecule has 3 aromatic heterocycles. The second kappa shape index (κ2) is 5.97. The van der Waals surface area contributed by atoms with Crippen molar-refractivity contribution in [3.63, 3.8) is 0 Å². The molecule has 1 aliphatic carbocycles. The summed E-state index contributed by atoms with van der Waals surface area (Å²) in [6.45, 7) is 0.937. The van der Waals surface area contributed by atoms with Crippen LogP contribution >= 0.6 is 0 Å². The molecule has 1 amide bonds. The molecule has 8 nitrogen and oxygen atoms in total. The number of fused-ring (bicyclic) bond motifs is 2. The van der Waals surface area contributed by atoms with E-state index in [1.54, 1.807) is 0 Å². The number of carbonyl (C=O) groups excluding carboxylic acids is 1. The van der Waals surface area contributed by atoms with Gasteiger partial charge in [0.25, 0.3) is 5.91 Å². The monoisotopic (exact) mass is 385 g/mol. The molecule has 2 aliphatic rings. The second-order valence-electron chi connectivity index (χ2n) is 7.72. The molecule has 0 atom stereocenters. The maximum Gasteiger partial charge on any atom is 0.268 e. The second-order valence-corrected chi connectivity index (χ2v) is 7.72. The van der Waals surface area contributed by atoms with Gasteiger partial charge in [-0.05, 0) is 37.5 Å². The zero-order valence-corrected chi connectivity index (χ0v) is 15.7. The first-order valence-corrected chi connectivity index (χ1v) is 9.89. The fraction of sp³-hybridized carbons (Fsp3) is 0.286. The molecular weight excluding hydrogens is 366 g/mol. The van der Waals surface area contributed by atoms with E-state index in [1.165, 1.54) is 19.0 Å². The van der Waals surface area contributed by atoms with Gasteiger partial charge >= 0.3 is 0 Å².